The highest BCUT2D eigenvalue weighted by atomic mass is 35.7. The van der Waals surface area contributed by atoms with Crippen LogP contribution in [0.2, 0.25) is 0 Å². The van der Waals surface area contributed by atoms with Crippen molar-refractivity contribution < 1.29 is 13.2 Å². The lowest BCUT2D eigenvalue weighted by atomic mass is 9.73. The second-order valence-corrected chi connectivity index (χ2v) is 7.32. The molecule has 4 nitrogen and oxygen atoms in total. The Labute approximate surface area is 93.1 Å². The summed E-state index contributed by atoms with van der Waals surface area (Å²) in [6.07, 6.45) is 4.49. The summed E-state index contributed by atoms with van der Waals surface area (Å²) in [5.74, 6) is 0.621. The molecule has 0 aromatic carbocycles. The number of amides is 1. The molecule has 3 atom stereocenters. The normalized spacial score (nSPS) is 43.8. The van der Waals surface area contributed by atoms with Crippen molar-refractivity contribution in [3.05, 3.63) is 0 Å². The van der Waals surface area contributed by atoms with E-state index in [0.717, 1.165) is 23.6 Å². The van der Waals surface area contributed by atoms with Gasteiger partial charge in [-0.1, -0.05) is 0 Å². The van der Waals surface area contributed by atoms with Crippen LogP contribution >= 0.6 is 10.7 Å². The number of fused-ring (bicyclic) bond motifs is 3. The summed E-state index contributed by atoms with van der Waals surface area (Å²) < 4.78 is 23.6. The Morgan fingerprint density at radius 3 is 2.53 bits per heavy atom. The molecule has 1 heterocycles. The number of nitrogens with zero attached hydrogens (tertiary/aromatic N) is 1. The molecule has 3 rings (SSSR count). The number of halogens is 1. The predicted molar refractivity (Wildman–Crippen MR) is 54.4 cm³/mol. The van der Waals surface area contributed by atoms with E-state index in [1.165, 1.54) is 6.42 Å². The van der Waals surface area contributed by atoms with E-state index in [0.29, 0.717) is 18.3 Å². The molecule has 0 aromatic rings. The first-order chi connectivity index (χ1) is 6.93. The number of hydrogen-bond donors (Lipinski definition) is 0. The highest BCUT2D eigenvalue weighted by molar-refractivity contribution is 8.12. The van der Waals surface area contributed by atoms with E-state index in [1.807, 2.05) is 0 Å². The SMILES string of the molecule is O=C1CC2(CC3CCC2C3)N1S(=O)(=O)Cl. The molecule has 2 saturated carbocycles. The average molecular weight is 250 g/mol. The van der Waals surface area contributed by atoms with E-state index < -0.39 is 14.8 Å². The largest absolute Gasteiger partial charge is 0.324 e. The monoisotopic (exact) mass is 249 g/mol. The molecule has 15 heavy (non-hydrogen) atoms. The lowest BCUT2D eigenvalue weighted by Crippen LogP contribution is -2.66. The van der Waals surface area contributed by atoms with Crippen molar-refractivity contribution in [1.29, 1.82) is 0 Å². The molecule has 3 aliphatic rings. The summed E-state index contributed by atoms with van der Waals surface area (Å²) in [6.45, 7) is 0. The summed E-state index contributed by atoms with van der Waals surface area (Å²) in [5.41, 5.74) is -0.430. The van der Waals surface area contributed by atoms with Gasteiger partial charge in [0.2, 0.25) is 5.91 Å². The molecule has 0 aromatic heterocycles. The predicted octanol–water partition coefficient (Wildman–Crippen LogP) is 1.26. The van der Waals surface area contributed by atoms with Crippen molar-refractivity contribution in [2.24, 2.45) is 11.8 Å². The summed E-state index contributed by atoms with van der Waals surface area (Å²) in [6, 6.07) is 0. The first-order valence-electron chi connectivity index (χ1n) is 5.21. The fourth-order valence-electron chi connectivity index (χ4n) is 3.78. The molecule has 3 unspecified atom stereocenters. The number of carbonyl (C=O) groups is 1. The molecule has 84 valence electrons. The highest BCUT2D eigenvalue weighted by Crippen LogP contribution is 2.59. The van der Waals surface area contributed by atoms with Gasteiger partial charge in [-0.15, -0.1) is 0 Å². The van der Waals surface area contributed by atoms with Gasteiger partial charge < -0.3 is 0 Å². The van der Waals surface area contributed by atoms with Gasteiger partial charge in [0.1, 0.15) is 0 Å². The molecule has 3 fully saturated rings. The van der Waals surface area contributed by atoms with E-state index in [2.05, 4.69) is 0 Å². The molecule has 0 N–H and O–H groups in total. The number of rotatable bonds is 1. The van der Waals surface area contributed by atoms with Crippen molar-refractivity contribution in [3.8, 4) is 0 Å². The maximum absolute atomic E-state index is 11.4. The van der Waals surface area contributed by atoms with Crippen LogP contribution in [-0.2, 0) is 14.0 Å². The Kier molecular flexibility index (Phi) is 1.77. The molecule has 2 aliphatic carbocycles. The minimum atomic E-state index is -3.87. The van der Waals surface area contributed by atoms with Gasteiger partial charge >= 0.3 is 9.24 Å². The minimum Gasteiger partial charge on any atom is -0.274 e. The van der Waals surface area contributed by atoms with Gasteiger partial charge in [0, 0.05) is 10.7 Å². The number of carbonyl (C=O) groups excluding carboxylic acids is 1. The van der Waals surface area contributed by atoms with Crippen molar-refractivity contribution in [1.82, 2.24) is 4.31 Å². The lowest BCUT2D eigenvalue weighted by Gasteiger charge is -2.52. The molecule has 1 saturated heterocycles. The van der Waals surface area contributed by atoms with Crippen LogP contribution in [0.5, 0.6) is 0 Å². The van der Waals surface area contributed by atoms with E-state index in [9.17, 15) is 13.2 Å². The van der Waals surface area contributed by atoms with E-state index >= 15 is 0 Å². The third-order valence-electron chi connectivity index (χ3n) is 4.25. The van der Waals surface area contributed by atoms with Crippen LogP contribution < -0.4 is 0 Å². The third-order valence-corrected chi connectivity index (χ3v) is 5.67. The van der Waals surface area contributed by atoms with Crippen molar-refractivity contribution in [3.63, 3.8) is 0 Å². The van der Waals surface area contributed by atoms with Gasteiger partial charge in [-0.2, -0.15) is 8.42 Å². The molecule has 1 spiro atoms. The molecular weight excluding hydrogens is 238 g/mol. The van der Waals surface area contributed by atoms with Crippen LogP contribution in [0.3, 0.4) is 0 Å². The van der Waals surface area contributed by atoms with Crippen LogP contribution in [0.1, 0.15) is 32.1 Å². The first-order valence-corrected chi connectivity index (χ1v) is 7.48. The summed E-state index contributed by atoms with van der Waals surface area (Å²) >= 11 is 0. The quantitative estimate of drug-likeness (QED) is 0.519. The summed E-state index contributed by atoms with van der Waals surface area (Å²) in [4.78, 5) is 11.4. The highest BCUT2D eigenvalue weighted by Gasteiger charge is 2.65. The van der Waals surface area contributed by atoms with E-state index in [1.54, 1.807) is 0 Å². The summed E-state index contributed by atoms with van der Waals surface area (Å²) in [5, 5.41) is 0. The van der Waals surface area contributed by atoms with Gasteiger partial charge in [0.15, 0.2) is 0 Å². The van der Waals surface area contributed by atoms with Crippen molar-refractivity contribution in [2.45, 2.75) is 37.6 Å². The topological polar surface area (TPSA) is 54.5 Å². The van der Waals surface area contributed by atoms with Crippen LogP contribution in [0, 0.1) is 11.8 Å². The van der Waals surface area contributed by atoms with Gasteiger partial charge in [0.25, 0.3) is 0 Å². The maximum Gasteiger partial charge on any atom is 0.324 e. The van der Waals surface area contributed by atoms with Crippen LogP contribution in [-0.4, -0.2) is 24.2 Å². The zero-order chi connectivity index (χ0) is 10.8. The first kappa shape index (κ1) is 9.90. The number of β-lactam (4-membered cyclic amide) rings is 1. The fourth-order valence-corrected chi connectivity index (χ4v) is 5.45. The minimum absolute atomic E-state index is 0.336. The smallest absolute Gasteiger partial charge is 0.274 e. The van der Waals surface area contributed by atoms with Crippen LogP contribution in [0.25, 0.3) is 0 Å². The lowest BCUT2D eigenvalue weighted by molar-refractivity contribution is -0.149. The fraction of sp³-hybridized carbons (Fsp3) is 0.889. The van der Waals surface area contributed by atoms with E-state index in [-0.39, 0.29) is 5.91 Å². The molecule has 6 heteroatoms. The molecule has 0 radical (unpaired) electrons. The Hall–Kier alpha value is -0.290. The number of hydrogen-bond acceptors (Lipinski definition) is 3. The second-order valence-electron chi connectivity index (χ2n) is 4.96. The molecule has 1 amide bonds. The van der Waals surface area contributed by atoms with Crippen molar-refractivity contribution >= 4 is 25.8 Å². The molecule has 2 bridgehead atoms. The average Bonchev–Trinajstić information content (AvgIpc) is 2.58. The Morgan fingerprint density at radius 1 is 1.40 bits per heavy atom. The zero-order valence-electron chi connectivity index (χ0n) is 8.15. The van der Waals surface area contributed by atoms with Gasteiger partial charge in [-0.3, -0.25) is 4.79 Å². The standard InChI is InChI=1S/C9H12ClNO3S/c10-15(13,14)11-8(12)5-9(11)4-6-1-2-7(9)3-6/h6-7H,1-5H2. The van der Waals surface area contributed by atoms with Crippen LogP contribution in [0.15, 0.2) is 0 Å². The van der Waals surface area contributed by atoms with Crippen molar-refractivity contribution in [2.75, 3.05) is 0 Å². The maximum atomic E-state index is 11.4. The van der Waals surface area contributed by atoms with Gasteiger partial charge in [0.05, 0.1) is 12.0 Å². The van der Waals surface area contributed by atoms with Gasteiger partial charge in [-0.25, -0.2) is 4.31 Å². The Bertz CT molecular complexity index is 435. The third kappa shape index (κ3) is 1.13. The molecular formula is C9H12ClNO3S. The van der Waals surface area contributed by atoms with Crippen LogP contribution in [0.4, 0.5) is 0 Å². The Morgan fingerprint density at radius 2 is 2.13 bits per heavy atom. The second kappa shape index (κ2) is 2.69. The molecule has 1 aliphatic heterocycles. The van der Waals surface area contributed by atoms with Gasteiger partial charge in [-0.05, 0) is 37.5 Å². The van der Waals surface area contributed by atoms with E-state index in [4.69, 9.17) is 10.7 Å². The zero-order valence-corrected chi connectivity index (χ0v) is 9.72. The Balaban J connectivity index is 1.99. The summed E-state index contributed by atoms with van der Waals surface area (Å²) in [7, 11) is 1.44.